The van der Waals surface area contributed by atoms with E-state index >= 15 is 0 Å². The molecule has 450 valence electrons. The molecule has 0 unspecified atom stereocenters. The van der Waals surface area contributed by atoms with Crippen molar-refractivity contribution >= 4 is 62.6 Å². The SMILES string of the molecule is CC(C)n1cnnc1-c1cccc(N2CCc3ccc(-n4cnc(C5CC5)c4)cc3C2=O)n1.O=c1[nH]ccc2ccc(-n3cnc(C4CC4)c3)cc12.O=c1[nH]ccc2ccc(Br)cc12.[B]c1cccc(-c2[nH]nc[n+]2C(C)C)n1.[CH3-].[W].c1ncc(C2CC2)[nH]1. The molecule has 20 nitrogen and oxygen atoms in total. The van der Waals surface area contributed by atoms with E-state index in [-0.39, 0.29) is 51.6 Å². The molecule has 16 rings (SSSR count). The number of anilines is 1. The Morgan fingerprint density at radius 1 is 0.685 bits per heavy atom. The smallest absolute Gasteiger partial charge is 0.283 e. The van der Waals surface area contributed by atoms with Crippen LogP contribution in [0, 0.1) is 7.43 Å². The monoisotopic (exact) mass is 1420 g/mol. The number of pyridine rings is 4. The molecule has 23 heteroatoms. The molecule has 3 fully saturated rings. The van der Waals surface area contributed by atoms with Gasteiger partial charge in [-0.1, -0.05) is 52.3 Å². The third-order valence-corrected chi connectivity index (χ3v) is 16.0. The van der Waals surface area contributed by atoms with Crippen molar-refractivity contribution in [3.8, 4) is 34.4 Å². The molecule has 4 aliphatic rings. The normalized spacial score (nSPS) is 14.0. The second-order valence-electron chi connectivity index (χ2n) is 22.6. The van der Waals surface area contributed by atoms with E-state index in [0.717, 1.165) is 73.0 Å². The number of carbonyl (C=O) groups excluding carboxylic acids is 1. The number of amides is 1. The summed E-state index contributed by atoms with van der Waals surface area (Å²) in [4.78, 5) is 68.7. The van der Waals surface area contributed by atoms with Gasteiger partial charge in [-0.15, -0.1) is 15.3 Å². The van der Waals surface area contributed by atoms with E-state index in [1.807, 2.05) is 122 Å². The molecule has 1 aliphatic heterocycles. The molecule has 3 aliphatic carbocycles. The van der Waals surface area contributed by atoms with Gasteiger partial charge in [0.15, 0.2) is 5.82 Å². The summed E-state index contributed by atoms with van der Waals surface area (Å²) in [6.07, 6.45) is 26.7. The molecule has 0 saturated heterocycles. The number of hydrogen-bond donors (Lipinski definition) is 4. The molecule has 89 heavy (non-hydrogen) atoms. The van der Waals surface area contributed by atoms with Crippen LogP contribution in [-0.4, -0.2) is 94.3 Å². The third-order valence-electron chi connectivity index (χ3n) is 15.5. The molecule has 4 N–H and O–H groups in total. The van der Waals surface area contributed by atoms with Crippen molar-refractivity contribution in [1.82, 2.24) is 74.0 Å². The number of nitrogens with zero attached hydrogens (tertiary/aromatic N) is 13. The second-order valence-corrected chi connectivity index (χ2v) is 23.5. The van der Waals surface area contributed by atoms with E-state index in [1.54, 1.807) is 42.3 Å². The van der Waals surface area contributed by atoms with E-state index in [4.69, 9.17) is 12.8 Å². The number of carbonyl (C=O) groups is 1. The maximum atomic E-state index is 13.5. The van der Waals surface area contributed by atoms with Gasteiger partial charge in [-0.05, 0) is 161 Å². The molecule has 0 atom stereocenters. The van der Waals surface area contributed by atoms with Crippen molar-refractivity contribution in [2.75, 3.05) is 11.4 Å². The summed E-state index contributed by atoms with van der Waals surface area (Å²) >= 11 is 3.31. The zero-order valence-corrected chi connectivity index (χ0v) is 54.6. The van der Waals surface area contributed by atoms with Crippen LogP contribution in [-0.2, 0) is 27.5 Å². The van der Waals surface area contributed by atoms with Gasteiger partial charge < -0.3 is 36.1 Å². The van der Waals surface area contributed by atoms with Crippen LogP contribution in [0.4, 0.5) is 5.82 Å². The summed E-state index contributed by atoms with van der Waals surface area (Å²) in [6.45, 7) is 8.92. The van der Waals surface area contributed by atoms with E-state index < -0.39 is 0 Å². The topological polar surface area (TPSA) is 239 Å². The van der Waals surface area contributed by atoms with Gasteiger partial charge in [0.05, 0.1) is 36.4 Å². The molecular formula is C66H67BBrN17O3W. The number of fused-ring (bicyclic) bond motifs is 3. The Kier molecular flexibility index (Phi) is 19.8. The second kappa shape index (κ2) is 28.0. The largest absolute Gasteiger partial charge is 0.358 e. The fourth-order valence-electron chi connectivity index (χ4n) is 10.3. The van der Waals surface area contributed by atoms with Gasteiger partial charge in [-0.2, -0.15) is 0 Å². The van der Waals surface area contributed by atoms with Gasteiger partial charge in [-0.25, -0.2) is 24.5 Å². The van der Waals surface area contributed by atoms with Crippen LogP contribution >= 0.6 is 15.9 Å². The quantitative estimate of drug-likeness (QED) is 0.0570. The first kappa shape index (κ1) is 63.0. The number of aromatic nitrogens is 16. The molecular weight excluding hydrogens is 1350 g/mol. The van der Waals surface area contributed by atoms with Gasteiger partial charge in [0.2, 0.25) is 0 Å². The maximum Gasteiger partial charge on any atom is 0.283 e. The standard InChI is InChI=1S/C25H25N7O.C15H13N3O.C10H11BN4.C9H6BrNO.C6H8N2.CH3.W/c1-16(2)32-15-27-29-24(32)21-4-3-5-23(28-21)31-11-10-17-8-9-19(12-20(17)25(31)33)30-13-22(26-14-30)18-6-7-18;19-15-13-7-12(4-3-10(13)5-6-16-15)18-8-14(17-9-18)11-1-2-11;1-7(2)15-6-12-14-10(15)8-4-3-5-9(11)13-8;10-7-2-1-6-3-4-11-9(12)8(6)5-7;1-2-5(1)6-3-7-4-8-6;;/h3-5,8-9,12-16,18H,6-7,10-11H2,1-2H3;3-9,11H,1-2H2,(H,16,19);3-7H,1-2H3;1-5H,(H,11,12);3-5H,1-2H2,(H,7,8);1H3;/q;;;;;-1;/p+1. The van der Waals surface area contributed by atoms with Gasteiger partial charge in [0.25, 0.3) is 29.2 Å². The van der Waals surface area contributed by atoms with Crippen molar-refractivity contribution in [1.29, 1.82) is 0 Å². The summed E-state index contributed by atoms with van der Waals surface area (Å²) < 4.78 is 8.91. The third kappa shape index (κ3) is 14.9. The molecule has 3 saturated carbocycles. The van der Waals surface area contributed by atoms with E-state index in [1.165, 1.54) is 44.2 Å². The van der Waals surface area contributed by atoms with Gasteiger partial charge in [0, 0.05) is 125 Å². The van der Waals surface area contributed by atoms with Crippen molar-refractivity contribution in [3.63, 3.8) is 0 Å². The van der Waals surface area contributed by atoms with Crippen LogP contribution in [0.25, 0.3) is 56.0 Å². The molecule has 3 aromatic carbocycles. The average Bonchev–Trinajstić information content (AvgIpc) is 1.74. The first-order chi connectivity index (χ1) is 42.3. The Labute approximate surface area is 538 Å². The van der Waals surface area contributed by atoms with Crippen molar-refractivity contribution in [3.05, 3.63) is 227 Å². The number of hydrogen-bond acceptors (Lipinski definition) is 11. The molecule has 0 spiro atoms. The van der Waals surface area contributed by atoms with Crippen molar-refractivity contribution in [2.24, 2.45) is 0 Å². The summed E-state index contributed by atoms with van der Waals surface area (Å²) in [5.41, 5.74) is 9.24. The van der Waals surface area contributed by atoms with Gasteiger partial charge >= 0.3 is 0 Å². The Morgan fingerprint density at radius 3 is 1.94 bits per heavy atom. The number of benzene rings is 3. The van der Waals surface area contributed by atoms with Crippen LogP contribution in [0.1, 0.15) is 129 Å². The summed E-state index contributed by atoms with van der Waals surface area (Å²) in [5, 5.41) is 18.6. The number of nitrogens with one attached hydrogen (secondary N) is 4. The number of rotatable bonds is 10. The molecule has 12 aromatic rings. The Hall–Kier alpha value is -9.01. The number of H-pyrrole nitrogens is 4. The molecule has 0 bridgehead atoms. The average molecular weight is 1420 g/mol. The van der Waals surface area contributed by atoms with Crippen LogP contribution in [0.5, 0.6) is 0 Å². The van der Waals surface area contributed by atoms with E-state index in [2.05, 4.69) is 123 Å². The zero-order valence-electron chi connectivity index (χ0n) is 50.0. The molecule has 10 heterocycles. The van der Waals surface area contributed by atoms with Crippen LogP contribution in [0.15, 0.2) is 180 Å². The summed E-state index contributed by atoms with van der Waals surface area (Å²) in [6, 6.07) is 33.2. The fourth-order valence-corrected chi connectivity index (χ4v) is 10.6. The number of halogens is 1. The minimum atomic E-state index is -0.0538. The number of imidazole rings is 3. The summed E-state index contributed by atoms with van der Waals surface area (Å²) in [5.74, 6) is 4.23. The minimum Gasteiger partial charge on any atom is -0.358 e. The maximum absolute atomic E-state index is 13.5. The van der Waals surface area contributed by atoms with E-state index in [0.29, 0.717) is 58.1 Å². The van der Waals surface area contributed by atoms with Crippen LogP contribution < -0.4 is 26.2 Å². The van der Waals surface area contributed by atoms with Crippen molar-refractivity contribution < 1.29 is 30.4 Å². The van der Waals surface area contributed by atoms with Gasteiger partial charge in [-0.3, -0.25) is 24.3 Å². The van der Waals surface area contributed by atoms with Crippen LogP contribution in [0.3, 0.4) is 0 Å². The predicted molar refractivity (Wildman–Crippen MR) is 345 cm³/mol. The molecule has 1 amide bonds. The summed E-state index contributed by atoms with van der Waals surface area (Å²) in [7, 11) is 5.64. The first-order valence-corrected chi connectivity index (χ1v) is 30.1. The first-order valence-electron chi connectivity index (χ1n) is 29.3. The minimum absolute atomic E-state index is 0. The van der Waals surface area contributed by atoms with Gasteiger partial charge in [0.1, 0.15) is 31.4 Å². The molecule has 9 aromatic heterocycles. The zero-order chi connectivity index (χ0) is 60.1. The fraction of sp³-hybridized carbons (Fsp3) is 0.258. The Morgan fingerprint density at radius 2 is 1.31 bits per heavy atom. The van der Waals surface area contributed by atoms with E-state index in [9.17, 15) is 14.4 Å². The Bertz CT molecular complexity index is 4500. The van der Waals surface area contributed by atoms with Crippen LogP contribution in [0.2, 0.25) is 0 Å². The Balaban J connectivity index is 0.000000133. The molecule has 2 radical (unpaired) electrons. The predicted octanol–water partition coefficient (Wildman–Crippen LogP) is 10.9. The van der Waals surface area contributed by atoms with Crippen molar-refractivity contribution in [2.45, 2.75) is 102 Å². The number of aromatic amines is 4.